The van der Waals surface area contributed by atoms with E-state index in [1.54, 1.807) is 37.4 Å². The van der Waals surface area contributed by atoms with Crippen molar-refractivity contribution in [3.63, 3.8) is 0 Å². The van der Waals surface area contributed by atoms with Crippen molar-refractivity contribution in [2.75, 3.05) is 0 Å². The third kappa shape index (κ3) is 4.61. The number of hydrogen-bond donors (Lipinski definition) is 1. The SMILES string of the molecule is C[C@@H](NC(=O)c1ccccc1C1=NO[C@H](c2ccccn2)C1)c1ccc(C(F)(F)F)nc1. The highest BCUT2D eigenvalue weighted by atomic mass is 19.4. The molecule has 1 aliphatic heterocycles. The van der Waals surface area contributed by atoms with Gasteiger partial charge >= 0.3 is 6.18 Å². The standard InChI is InChI=1S/C23H19F3N4O2/c1-14(15-9-10-21(28-13-15)23(24,25)26)29-22(31)17-7-3-2-6-16(17)19-12-20(32-30-19)18-8-4-5-11-27-18/h2-11,13-14,20H,12H2,1H3,(H,29,31)/t14-,20+/m1/s1. The number of hydrogen-bond acceptors (Lipinski definition) is 5. The second-order valence-corrected chi connectivity index (χ2v) is 7.31. The van der Waals surface area contributed by atoms with Gasteiger partial charge in [-0.1, -0.05) is 35.5 Å². The molecule has 1 aliphatic rings. The number of nitrogens with zero attached hydrogens (tertiary/aromatic N) is 3. The molecule has 2 atom stereocenters. The molecule has 0 radical (unpaired) electrons. The summed E-state index contributed by atoms with van der Waals surface area (Å²) < 4.78 is 38.2. The largest absolute Gasteiger partial charge is 0.433 e. The van der Waals surface area contributed by atoms with Crippen LogP contribution < -0.4 is 5.32 Å². The lowest BCUT2D eigenvalue weighted by molar-refractivity contribution is -0.141. The third-order valence-electron chi connectivity index (χ3n) is 5.09. The van der Waals surface area contributed by atoms with Crippen LogP contribution in [0.4, 0.5) is 13.2 Å². The van der Waals surface area contributed by atoms with E-state index in [1.807, 2.05) is 18.2 Å². The van der Waals surface area contributed by atoms with Crippen LogP contribution in [0.1, 0.15) is 58.4 Å². The molecule has 0 bridgehead atoms. The van der Waals surface area contributed by atoms with E-state index in [0.29, 0.717) is 28.8 Å². The number of amides is 1. The maximum absolute atomic E-state index is 13.0. The number of oxime groups is 1. The van der Waals surface area contributed by atoms with Crippen molar-refractivity contribution in [2.45, 2.75) is 31.7 Å². The second-order valence-electron chi connectivity index (χ2n) is 7.31. The molecule has 2 aromatic heterocycles. The van der Waals surface area contributed by atoms with Crippen LogP contribution in [0.2, 0.25) is 0 Å². The molecule has 6 nitrogen and oxygen atoms in total. The lowest BCUT2D eigenvalue weighted by Gasteiger charge is -2.16. The lowest BCUT2D eigenvalue weighted by Crippen LogP contribution is -2.28. The molecule has 1 aromatic carbocycles. The fourth-order valence-electron chi connectivity index (χ4n) is 3.38. The van der Waals surface area contributed by atoms with Gasteiger partial charge in [0.25, 0.3) is 5.91 Å². The van der Waals surface area contributed by atoms with Crippen LogP contribution in [-0.2, 0) is 11.0 Å². The van der Waals surface area contributed by atoms with Gasteiger partial charge in [-0.3, -0.25) is 14.8 Å². The van der Waals surface area contributed by atoms with E-state index in [9.17, 15) is 18.0 Å². The fourth-order valence-corrected chi connectivity index (χ4v) is 3.38. The number of aromatic nitrogens is 2. The van der Waals surface area contributed by atoms with Gasteiger partial charge in [-0.2, -0.15) is 13.2 Å². The highest BCUT2D eigenvalue weighted by Gasteiger charge is 2.32. The van der Waals surface area contributed by atoms with Gasteiger partial charge in [-0.05, 0) is 36.8 Å². The number of halogens is 3. The summed E-state index contributed by atoms with van der Waals surface area (Å²) in [6.45, 7) is 1.68. The van der Waals surface area contributed by atoms with Gasteiger partial charge in [0, 0.05) is 29.9 Å². The molecular weight excluding hydrogens is 421 g/mol. The molecule has 3 aromatic rings. The first-order chi connectivity index (χ1) is 15.3. The van der Waals surface area contributed by atoms with Crippen LogP contribution in [0, 0.1) is 0 Å². The molecule has 1 N–H and O–H groups in total. The Bertz CT molecular complexity index is 1130. The maximum Gasteiger partial charge on any atom is 0.433 e. The Kier molecular flexibility index (Phi) is 5.89. The molecule has 0 spiro atoms. The monoisotopic (exact) mass is 440 g/mol. The first kappa shape index (κ1) is 21.5. The number of carbonyl (C=O) groups excluding carboxylic acids is 1. The first-order valence-electron chi connectivity index (χ1n) is 9.90. The van der Waals surface area contributed by atoms with E-state index in [4.69, 9.17) is 4.84 Å². The molecule has 0 saturated carbocycles. The van der Waals surface area contributed by atoms with E-state index in [-0.39, 0.29) is 12.0 Å². The Morgan fingerprint density at radius 2 is 1.88 bits per heavy atom. The highest BCUT2D eigenvalue weighted by Crippen LogP contribution is 2.30. The highest BCUT2D eigenvalue weighted by molar-refractivity contribution is 6.10. The lowest BCUT2D eigenvalue weighted by atomic mass is 9.97. The van der Waals surface area contributed by atoms with Crippen molar-refractivity contribution >= 4 is 11.6 Å². The average molecular weight is 440 g/mol. The second kappa shape index (κ2) is 8.78. The Labute approximate surface area is 182 Å². The smallest absolute Gasteiger partial charge is 0.385 e. The molecule has 0 unspecified atom stereocenters. The molecular formula is C23H19F3N4O2. The van der Waals surface area contributed by atoms with Crippen LogP contribution in [0.15, 0.2) is 72.1 Å². The quantitative estimate of drug-likeness (QED) is 0.615. The minimum absolute atomic E-state index is 0.334. The summed E-state index contributed by atoms with van der Waals surface area (Å²) in [5.74, 6) is -0.378. The molecule has 32 heavy (non-hydrogen) atoms. The average Bonchev–Trinajstić information content (AvgIpc) is 3.29. The molecule has 164 valence electrons. The van der Waals surface area contributed by atoms with Crippen molar-refractivity contribution in [2.24, 2.45) is 5.16 Å². The fraction of sp³-hybridized carbons (Fsp3) is 0.217. The topological polar surface area (TPSA) is 76.5 Å². The third-order valence-corrected chi connectivity index (χ3v) is 5.09. The molecule has 0 saturated heterocycles. The number of nitrogens with one attached hydrogen (secondary N) is 1. The van der Waals surface area contributed by atoms with E-state index in [0.717, 1.165) is 18.0 Å². The summed E-state index contributed by atoms with van der Waals surface area (Å²) in [6.07, 6.45) is -1.60. The summed E-state index contributed by atoms with van der Waals surface area (Å²) in [7, 11) is 0. The number of pyridine rings is 2. The summed E-state index contributed by atoms with van der Waals surface area (Å²) in [6, 6.07) is 14.2. The number of alkyl halides is 3. The van der Waals surface area contributed by atoms with Crippen LogP contribution >= 0.6 is 0 Å². The zero-order valence-electron chi connectivity index (χ0n) is 17.0. The Morgan fingerprint density at radius 1 is 1.09 bits per heavy atom. The van der Waals surface area contributed by atoms with Crippen LogP contribution in [-0.4, -0.2) is 21.6 Å². The van der Waals surface area contributed by atoms with Gasteiger partial charge in [0.1, 0.15) is 5.69 Å². The predicted molar refractivity (Wildman–Crippen MR) is 111 cm³/mol. The van der Waals surface area contributed by atoms with Gasteiger partial charge in [-0.25, -0.2) is 0 Å². The summed E-state index contributed by atoms with van der Waals surface area (Å²) in [5.41, 5.74) is 1.86. The number of carbonyl (C=O) groups is 1. The molecule has 9 heteroatoms. The van der Waals surface area contributed by atoms with Gasteiger partial charge in [0.15, 0.2) is 6.10 Å². The van der Waals surface area contributed by atoms with Crippen molar-refractivity contribution in [3.8, 4) is 0 Å². The van der Waals surface area contributed by atoms with Crippen molar-refractivity contribution in [1.82, 2.24) is 15.3 Å². The molecule has 3 heterocycles. The Balaban J connectivity index is 1.48. The molecule has 1 amide bonds. The first-order valence-corrected chi connectivity index (χ1v) is 9.90. The molecule has 0 aliphatic carbocycles. The van der Waals surface area contributed by atoms with Crippen LogP contribution in [0.25, 0.3) is 0 Å². The summed E-state index contributed by atoms with van der Waals surface area (Å²) >= 11 is 0. The van der Waals surface area contributed by atoms with E-state index < -0.39 is 17.9 Å². The minimum atomic E-state index is -4.51. The Hall–Kier alpha value is -3.75. The van der Waals surface area contributed by atoms with Crippen molar-refractivity contribution < 1.29 is 22.8 Å². The van der Waals surface area contributed by atoms with Crippen molar-refractivity contribution in [3.05, 3.63) is 95.1 Å². The number of benzene rings is 1. The van der Waals surface area contributed by atoms with Crippen LogP contribution in [0.5, 0.6) is 0 Å². The summed E-state index contributed by atoms with van der Waals surface area (Å²) in [5, 5.41) is 6.97. The van der Waals surface area contributed by atoms with E-state index in [2.05, 4.69) is 20.4 Å². The molecule has 0 fully saturated rings. The maximum atomic E-state index is 13.0. The van der Waals surface area contributed by atoms with Crippen molar-refractivity contribution in [1.29, 1.82) is 0 Å². The number of rotatable bonds is 5. The summed E-state index contributed by atoms with van der Waals surface area (Å²) in [4.78, 5) is 26.2. The minimum Gasteiger partial charge on any atom is -0.385 e. The van der Waals surface area contributed by atoms with Gasteiger partial charge in [-0.15, -0.1) is 0 Å². The molecule has 4 rings (SSSR count). The zero-order chi connectivity index (χ0) is 22.7. The Morgan fingerprint density at radius 3 is 2.56 bits per heavy atom. The van der Waals surface area contributed by atoms with Gasteiger partial charge in [0.05, 0.1) is 17.4 Å². The van der Waals surface area contributed by atoms with Gasteiger partial charge in [0.2, 0.25) is 0 Å². The predicted octanol–water partition coefficient (Wildman–Crippen LogP) is 4.85. The van der Waals surface area contributed by atoms with E-state index in [1.165, 1.54) is 6.07 Å². The zero-order valence-corrected chi connectivity index (χ0v) is 17.0. The van der Waals surface area contributed by atoms with E-state index >= 15 is 0 Å². The normalized spacial score (nSPS) is 16.8. The van der Waals surface area contributed by atoms with Gasteiger partial charge < -0.3 is 10.2 Å². The van der Waals surface area contributed by atoms with Crippen LogP contribution in [0.3, 0.4) is 0 Å².